The number of carbonyl (C=O) groups is 1. The molecule has 0 spiro atoms. The molecule has 0 aliphatic rings. The Labute approximate surface area is 234 Å². The predicted octanol–water partition coefficient (Wildman–Crippen LogP) is 3.85. The van der Waals surface area contributed by atoms with Gasteiger partial charge in [-0.2, -0.15) is 26.7 Å². The molecular formula is C23H20F3N5O10S. The van der Waals surface area contributed by atoms with Crippen LogP contribution in [-0.2, 0) is 14.4 Å². The topological polar surface area (TPSA) is 178 Å². The molecule has 224 valence electrons. The molecule has 0 saturated heterocycles. The van der Waals surface area contributed by atoms with Crippen molar-refractivity contribution in [3.05, 3.63) is 49.1 Å². The summed E-state index contributed by atoms with van der Waals surface area (Å²) in [5, 5.41) is 7.01. The smallest absolute Gasteiger partial charge is 0.496 e. The molecule has 1 amide bonds. The van der Waals surface area contributed by atoms with Gasteiger partial charge in [-0.25, -0.2) is 14.8 Å². The van der Waals surface area contributed by atoms with E-state index < -0.39 is 34.1 Å². The number of aromatic nitrogens is 4. The van der Waals surface area contributed by atoms with Crippen LogP contribution in [0.25, 0.3) is 22.6 Å². The van der Waals surface area contributed by atoms with E-state index in [0.29, 0.717) is 5.75 Å². The van der Waals surface area contributed by atoms with Crippen LogP contribution in [0.4, 0.5) is 18.0 Å². The Morgan fingerprint density at radius 3 is 1.93 bits per heavy atom. The van der Waals surface area contributed by atoms with Gasteiger partial charge < -0.3 is 28.0 Å². The van der Waals surface area contributed by atoms with Crippen molar-refractivity contribution < 1.29 is 58.7 Å². The predicted molar refractivity (Wildman–Crippen MR) is 131 cm³/mol. The largest absolute Gasteiger partial charge is 0.525 e. The number of hydrogen-bond donors (Lipinski definition) is 0. The van der Waals surface area contributed by atoms with Gasteiger partial charge in [-0.1, -0.05) is 10.3 Å². The average molecular weight is 615 g/mol. The summed E-state index contributed by atoms with van der Waals surface area (Å²) in [6, 6.07) is 5.79. The molecule has 0 unspecified atom stereocenters. The first-order chi connectivity index (χ1) is 20.1. The maximum atomic E-state index is 13.1. The molecule has 4 aromatic rings. The summed E-state index contributed by atoms with van der Waals surface area (Å²) in [5.41, 5.74) is -5.59. The van der Waals surface area contributed by atoms with E-state index in [4.69, 9.17) is 28.0 Å². The van der Waals surface area contributed by atoms with Gasteiger partial charge in [0.25, 0.3) is 0 Å². The Morgan fingerprint density at radius 1 is 0.881 bits per heavy atom. The minimum atomic E-state index is -6.27. The van der Waals surface area contributed by atoms with E-state index in [2.05, 4.69) is 24.6 Å². The van der Waals surface area contributed by atoms with Crippen LogP contribution in [0.5, 0.6) is 23.3 Å². The van der Waals surface area contributed by atoms with Crippen LogP contribution in [0.15, 0.2) is 58.1 Å². The second-order valence-electron chi connectivity index (χ2n) is 7.79. The molecule has 0 saturated carbocycles. The third-order valence-electron chi connectivity index (χ3n) is 5.17. The summed E-state index contributed by atoms with van der Waals surface area (Å²) < 4.78 is 98.3. The number of pyridine rings is 2. The monoisotopic (exact) mass is 615 g/mol. The van der Waals surface area contributed by atoms with Gasteiger partial charge in [0.15, 0.2) is 11.5 Å². The van der Waals surface area contributed by atoms with E-state index in [9.17, 15) is 26.4 Å². The Bertz CT molecular complexity index is 1600. The van der Waals surface area contributed by atoms with E-state index in [-0.39, 0.29) is 52.4 Å². The third-order valence-corrected chi connectivity index (χ3v) is 6.11. The second kappa shape index (κ2) is 12.7. The van der Waals surface area contributed by atoms with E-state index in [1.807, 2.05) is 0 Å². The molecule has 0 aromatic carbocycles. The average Bonchev–Trinajstić information content (AvgIpc) is 3.68. The molecule has 4 rings (SSSR count). The first kappa shape index (κ1) is 30.1. The van der Waals surface area contributed by atoms with Crippen molar-refractivity contribution in [3.8, 4) is 45.9 Å². The third kappa shape index (κ3) is 6.69. The Balaban J connectivity index is 1.54. The lowest BCUT2D eigenvalue weighted by Crippen LogP contribution is -2.41. The minimum absolute atomic E-state index is 0.00124. The zero-order valence-corrected chi connectivity index (χ0v) is 22.4. The minimum Gasteiger partial charge on any atom is -0.496 e. The lowest BCUT2D eigenvalue weighted by Gasteiger charge is -2.21. The molecule has 0 aliphatic heterocycles. The van der Waals surface area contributed by atoms with E-state index >= 15 is 0 Å². The van der Waals surface area contributed by atoms with Crippen molar-refractivity contribution in [1.82, 2.24) is 25.3 Å². The highest BCUT2D eigenvalue weighted by Gasteiger charge is 2.50. The Morgan fingerprint density at radius 2 is 1.43 bits per heavy atom. The molecule has 0 bridgehead atoms. The van der Waals surface area contributed by atoms with Gasteiger partial charge in [-0.3, -0.25) is 0 Å². The van der Waals surface area contributed by atoms with Crippen molar-refractivity contribution in [2.75, 3.05) is 27.4 Å². The molecule has 0 fully saturated rings. The van der Waals surface area contributed by atoms with E-state index in [1.165, 1.54) is 63.3 Å². The number of methoxy groups -OCH3 is 2. The molecule has 42 heavy (non-hydrogen) atoms. The number of rotatable bonds is 12. The SMILES string of the molecule is COc1ccnc(OCCCN(OS(=O)(=O)C(F)(F)F)C(=O)Oc2nccc(OC)c2-c2ccno2)c1-c1ccno1. The van der Waals surface area contributed by atoms with Gasteiger partial charge in [0.05, 0.1) is 39.8 Å². The molecule has 0 atom stereocenters. The number of alkyl halides is 3. The Hall–Kier alpha value is -4.91. The van der Waals surface area contributed by atoms with Crippen molar-refractivity contribution in [2.45, 2.75) is 11.9 Å². The fraction of sp³-hybridized carbons (Fsp3) is 0.261. The number of carbonyl (C=O) groups excluding carboxylic acids is 1. The number of amides is 1. The summed E-state index contributed by atoms with van der Waals surface area (Å²) in [4.78, 5) is 20.9. The van der Waals surface area contributed by atoms with Crippen LogP contribution in [0.1, 0.15) is 6.42 Å². The number of hydrogen-bond acceptors (Lipinski definition) is 14. The van der Waals surface area contributed by atoms with Gasteiger partial charge in [0.1, 0.15) is 22.6 Å². The van der Waals surface area contributed by atoms with Crippen molar-refractivity contribution in [3.63, 3.8) is 0 Å². The van der Waals surface area contributed by atoms with Gasteiger partial charge in [0, 0.05) is 30.9 Å². The quantitative estimate of drug-likeness (QED) is 0.127. The molecule has 0 N–H and O–H groups in total. The van der Waals surface area contributed by atoms with Crippen molar-refractivity contribution >= 4 is 16.2 Å². The van der Waals surface area contributed by atoms with Crippen LogP contribution < -0.4 is 18.9 Å². The van der Waals surface area contributed by atoms with E-state index in [1.54, 1.807) is 0 Å². The summed E-state index contributed by atoms with van der Waals surface area (Å²) >= 11 is 0. The van der Waals surface area contributed by atoms with Crippen molar-refractivity contribution in [1.29, 1.82) is 0 Å². The molecule has 4 heterocycles. The van der Waals surface area contributed by atoms with Crippen LogP contribution in [0.3, 0.4) is 0 Å². The highest BCUT2D eigenvalue weighted by molar-refractivity contribution is 7.87. The molecule has 15 nitrogen and oxygen atoms in total. The van der Waals surface area contributed by atoms with Gasteiger partial charge in [-0.05, 0) is 12.1 Å². The molecule has 4 aromatic heterocycles. The maximum Gasteiger partial charge on any atom is 0.525 e. The highest BCUT2D eigenvalue weighted by atomic mass is 32.2. The highest BCUT2D eigenvalue weighted by Crippen LogP contribution is 2.38. The second-order valence-corrected chi connectivity index (χ2v) is 9.31. The molecule has 19 heteroatoms. The van der Waals surface area contributed by atoms with Crippen LogP contribution >= 0.6 is 0 Å². The fourth-order valence-corrected chi connectivity index (χ4v) is 3.81. The lowest BCUT2D eigenvalue weighted by atomic mass is 10.2. The standard InChI is InChI=1S/C23H20F3N5O10S/c1-35-14-4-8-27-20(18(14)16-6-10-29-39-16)37-13-3-12-31(41-42(33,34)23(24,25)26)22(32)38-21-19(17-7-11-30-40-17)15(36-2)5-9-28-21/h4-11H,3,12-13H2,1-2H3. The summed E-state index contributed by atoms with van der Waals surface area (Å²) in [6.45, 7) is -1.04. The van der Waals surface area contributed by atoms with Gasteiger partial charge in [-0.15, -0.1) is 4.28 Å². The fourth-order valence-electron chi connectivity index (χ4n) is 3.35. The number of hydroxylamine groups is 2. The first-order valence-electron chi connectivity index (χ1n) is 11.6. The number of halogens is 3. The maximum absolute atomic E-state index is 13.1. The number of ether oxygens (including phenoxy) is 4. The molecule has 0 radical (unpaired) electrons. The zero-order valence-electron chi connectivity index (χ0n) is 21.6. The zero-order chi connectivity index (χ0) is 30.3. The van der Waals surface area contributed by atoms with Crippen LogP contribution in [-0.4, -0.2) is 72.7 Å². The lowest BCUT2D eigenvalue weighted by molar-refractivity contribution is -0.0879. The van der Waals surface area contributed by atoms with Gasteiger partial charge in [0.2, 0.25) is 11.8 Å². The summed E-state index contributed by atoms with van der Waals surface area (Å²) in [7, 11) is -3.59. The molecule has 0 aliphatic carbocycles. The first-order valence-corrected chi connectivity index (χ1v) is 13.0. The van der Waals surface area contributed by atoms with Crippen molar-refractivity contribution in [2.24, 2.45) is 0 Å². The Kier molecular flexibility index (Phi) is 9.11. The summed E-state index contributed by atoms with van der Waals surface area (Å²) in [6.07, 6.45) is 3.25. The van der Waals surface area contributed by atoms with Crippen LogP contribution in [0.2, 0.25) is 0 Å². The van der Waals surface area contributed by atoms with Crippen LogP contribution in [0, 0.1) is 0 Å². The molecular weight excluding hydrogens is 595 g/mol. The van der Waals surface area contributed by atoms with Gasteiger partial charge >= 0.3 is 21.7 Å². The van der Waals surface area contributed by atoms with E-state index in [0.717, 1.165) is 0 Å². The number of nitrogens with zero attached hydrogens (tertiary/aromatic N) is 5. The normalized spacial score (nSPS) is 11.6. The summed E-state index contributed by atoms with van der Waals surface area (Å²) in [5.74, 6) is 0.188.